The van der Waals surface area contributed by atoms with Crippen molar-refractivity contribution in [1.29, 1.82) is 0 Å². The highest BCUT2D eigenvalue weighted by atomic mass is 79.9. The zero-order valence-electron chi connectivity index (χ0n) is 11.3. The molecule has 2 rings (SSSR count). The van der Waals surface area contributed by atoms with Gasteiger partial charge in [0, 0.05) is 12.1 Å². The van der Waals surface area contributed by atoms with Gasteiger partial charge in [0.2, 0.25) is 0 Å². The van der Waals surface area contributed by atoms with E-state index in [9.17, 15) is 5.11 Å². The third kappa shape index (κ3) is 3.04. The lowest BCUT2D eigenvalue weighted by molar-refractivity contribution is 0.0872. The molecule has 0 aliphatic heterocycles. The van der Waals surface area contributed by atoms with Crippen LogP contribution in [0.25, 0.3) is 0 Å². The Morgan fingerprint density at radius 3 is 2.53 bits per heavy atom. The predicted octanol–water partition coefficient (Wildman–Crippen LogP) is 2.47. The fourth-order valence-electron chi connectivity index (χ4n) is 2.36. The average Bonchev–Trinajstić information content (AvgIpc) is 2.37. The monoisotopic (exact) mass is 329 g/mol. The van der Waals surface area contributed by atoms with Crippen LogP contribution in [0.5, 0.6) is 11.5 Å². The highest BCUT2D eigenvalue weighted by Crippen LogP contribution is 2.37. The number of rotatable bonds is 6. The second-order valence-electron chi connectivity index (χ2n) is 4.96. The Kier molecular flexibility index (Phi) is 4.71. The van der Waals surface area contributed by atoms with Gasteiger partial charge in [-0.2, -0.15) is 0 Å². The summed E-state index contributed by atoms with van der Waals surface area (Å²) in [6.07, 6.45) is 3.26. The number of ether oxygens (including phenoxy) is 2. The topological polar surface area (TPSA) is 50.7 Å². The second kappa shape index (κ2) is 6.11. The van der Waals surface area contributed by atoms with E-state index in [1.54, 1.807) is 14.2 Å². The molecule has 0 radical (unpaired) electrons. The quantitative estimate of drug-likeness (QED) is 0.841. The second-order valence-corrected chi connectivity index (χ2v) is 5.81. The van der Waals surface area contributed by atoms with E-state index in [4.69, 9.17) is 9.47 Å². The molecular weight excluding hydrogens is 310 g/mol. The summed E-state index contributed by atoms with van der Waals surface area (Å²) in [6, 6.07) is 3.97. The van der Waals surface area contributed by atoms with Gasteiger partial charge in [-0.3, -0.25) is 0 Å². The van der Waals surface area contributed by atoms with Crippen molar-refractivity contribution >= 4 is 15.9 Å². The highest BCUT2D eigenvalue weighted by molar-refractivity contribution is 9.10. The lowest BCUT2D eigenvalue weighted by atomic mass is 9.77. The van der Waals surface area contributed by atoms with Crippen molar-refractivity contribution in [3.8, 4) is 11.5 Å². The van der Waals surface area contributed by atoms with Gasteiger partial charge in [0.15, 0.2) is 11.5 Å². The molecule has 1 fully saturated rings. The van der Waals surface area contributed by atoms with Gasteiger partial charge in [0.1, 0.15) is 0 Å². The molecule has 1 aliphatic rings. The molecule has 106 valence electrons. The number of hydrogen-bond acceptors (Lipinski definition) is 4. The number of hydrogen-bond donors (Lipinski definition) is 2. The van der Waals surface area contributed by atoms with Gasteiger partial charge in [-0.05, 0) is 52.9 Å². The molecule has 1 saturated carbocycles. The van der Waals surface area contributed by atoms with E-state index in [-0.39, 0.29) is 12.1 Å². The first-order valence-corrected chi connectivity index (χ1v) is 7.20. The Hall–Kier alpha value is -0.780. The molecule has 0 saturated heterocycles. The van der Waals surface area contributed by atoms with E-state index in [1.165, 1.54) is 6.42 Å². The maximum absolute atomic E-state index is 9.44. The van der Waals surface area contributed by atoms with Crippen LogP contribution in [0.15, 0.2) is 16.6 Å². The van der Waals surface area contributed by atoms with Crippen LogP contribution in [-0.2, 0) is 6.54 Å². The van der Waals surface area contributed by atoms with Crippen LogP contribution in [0.2, 0.25) is 0 Å². The Bertz CT molecular complexity index is 441. The van der Waals surface area contributed by atoms with Crippen molar-refractivity contribution in [1.82, 2.24) is 5.32 Å². The standard InChI is InChI=1S/C14H20BrNO3/c1-18-12-7-10(6-11(15)13(12)19-2)8-16-14(9-17)4-3-5-14/h6-7,16-17H,3-5,8-9H2,1-2H3. The minimum absolute atomic E-state index is 0.0837. The maximum Gasteiger partial charge on any atom is 0.174 e. The van der Waals surface area contributed by atoms with Gasteiger partial charge >= 0.3 is 0 Å². The van der Waals surface area contributed by atoms with E-state index in [0.29, 0.717) is 18.0 Å². The normalized spacial score (nSPS) is 16.8. The Balaban J connectivity index is 2.10. The average molecular weight is 330 g/mol. The molecule has 19 heavy (non-hydrogen) atoms. The summed E-state index contributed by atoms with van der Waals surface area (Å²) in [5.41, 5.74) is 1.02. The van der Waals surface area contributed by atoms with Crippen LogP contribution in [0, 0.1) is 0 Å². The Morgan fingerprint density at radius 2 is 2.05 bits per heavy atom. The summed E-state index contributed by atoms with van der Waals surface area (Å²) in [6.45, 7) is 0.904. The lowest BCUT2D eigenvalue weighted by Gasteiger charge is -2.41. The summed E-state index contributed by atoms with van der Waals surface area (Å²) in [7, 11) is 3.25. The maximum atomic E-state index is 9.44. The van der Waals surface area contributed by atoms with Crippen LogP contribution in [0.1, 0.15) is 24.8 Å². The number of halogens is 1. The van der Waals surface area contributed by atoms with Crippen molar-refractivity contribution in [2.24, 2.45) is 0 Å². The molecule has 0 bridgehead atoms. The van der Waals surface area contributed by atoms with Crippen LogP contribution >= 0.6 is 15.9 Å². The number of nitrogens with one attached hydrogen (secondary N) is 1. The van der Waals surface area contributed by atoms with Gasteiger partial charge in [-0.25, -0.2) is 0 Å². The van der Waals surface area contributed by atoms with E-state index in [2.05, 4.69) is 21.2 Å². The van der Waals surface area contributed by atoms with E-state index >= 15 is 0 Å². The van der Waals surface area contributed by atoms with Gasteiger partial charge in [0.05, 0.1) is 25.3 Å². The smallest absolute Gasteiger partial charge is 0.174 e. The summed E-state index contributed by atoms with van der Waals surface area (Å²) >= 11 is 3.49. The molecule has 0 unspecified atom stereocenters. The molecule has 0 spiro atoms. The number of aliphatic hydroxyl groups excluding tert-OH is 1. The van der Waals surface area contributed by atoms with E-state index < -0.39 is 0 Å². The van der Waals surface area contributed by atoms with Gasteiger partial charge in [0.25, 0.3) is 0 Å². The minimum atomic E-state index is -0.0837. The Labute approximate surface area is 122 Å². The highest BCUT2D eigenvalue weighted by Gasteiger charge is 2.35. The summed E-state index contributed by atoms with van der Waals surface area (Å²) < 4.78 is 11.5. The molecule has 1 aliphatic carbocycles. The molecule has 2 N–H and O–H groups in total. The van der Waals surface area contributed by atoms with Gasteiger partial charge in [-0.15, -0.1) is 0 Å². The first-order chi connectivity index (χ1) is 9.14. The number of methoxy groups -OCH3 is 2. The van der Waals surface area contributed by atoms with Crippen molar-refractivity contribution in [3.05, 3.63) is 22.2 Å². The van der Waals surface area contributed by atoms with Crippen LogP contribution in [0.4, 0.5) is 0 Å². The first kappa shape index (κ1) is 14.6. The molecular formula is C14H20BrNO3. The largest absolute Gasteiger partial charge is 0.493 e. The molecule has 0 aromatic heterocycles. The molecule has 0 amide bonds. The third-order valence-electron chi connectivity index (χ3n) is 3.77. The number of aliphatic hydroxyl groups is 1. The fourth-order valence-corrected chi connectivity index (χ4v) is 3.01. The molecule has 1 aromatic rings. The fraction of sp³-hybridized carbons (Fsp3) is 0.571. The zero-order valence-corrected chi connectivity index (χ0v) is 12.9. The van der Waals surface area contributed by atoms with Gasteiger partial charge in [-0.1, -0.05) is 0 Å². The van der Waals surface area contributed by atoms with Crippen molar-refractivity contribution < 1.29 is 14.6 Å². The summed E-state index contributed by atoms with van der Waals surface area (Å²) in [5, 5.41) is 12.9. The SMILES string of the molecule is COc1cc(CNC2(CO)CCC2)cc(Br)c1OC. The zero-order chi connectivity index (χ0) is 13.9. The predicted molar refractivity (Wildman–Crippen MR) is 77.8 cm³/mol. The minimum Gasteiger partial charge on any atom is -0.493 e. The third-order valence-corrected chi connectivity index (χ3v) is 4.36. The van der Waals surface area contributed by atoms with E-state index in [0.717, 1.165) is 22.9 Å². The Morgan fingerprint density at radius 1 is 1.32 bits per heavy atom. The first-order valence-electron chi connectivity index (χ1n) is 6.40. The molecule has 1 aromatic carbocycles. The molecule has 4 nitrogen and oxygen atoms in total. The van der Waals surface area contributed by atoms with Gasteiger partial charge < -0.3 is 19.9 Å². The van der Waals surface area contributed by atoms with Crippen LogP contribution in [-0.4, -0.2) is 31.5 Å². The van der Waals surface area contributed by atoms with Crippen molar-refractivity contribution in [2.45, 2.75) is 31.3 Å². The van der Waals surface area contributed by atoms with Crippen LogP contribution < -0.4 is 14.8 Å². The molecule has 5 heteroatoms. The van der Waals surface area contributed by atoms with Crippen molar-refractivity contribution in [2.75, 3.05) is 20.8 Å². The lowest BCUT2D eigenvalue weighted by Crippen LogP contribution is -2.53. The summed E-state index contributed by atoms with van der Waals surface area (Å²) in [4.78, 5) is 0. The van der Waals surface area contributed by atoms with Crippen LogP contribution in [0.3, 0.4) is 0 Å². The molecule has 0 heterocycles. The van der Waals surface area contributed by atoms with Crippen molar-refractivity contribution in [3.63, 3.8) is 0 Å². The summed E-state index contributed by atoms with van der Waals surface area (Å²) in [5.74, 6) is 1.41. The van der Waals surface area contributed by atoms with E-state index in [1.807, 2.05) is 12.1 Å². The molecule has 0 atom stereocenters. The number of benzene rings is 1.